The van der Waals surface area contributed by atoms with Gasteiger partial charge in [0.25, 0.3) is 0 Å². The summed E-state index contributed by atoms with van der Waals surface area (Å²) in [5.41, 5.74) is 2.57. The molecule has 150 valence electrons. The Morgan fingerprint density at radius 1 is 1.18 bits per heavy atom. The lowest BCUT2D eigenvalue weighted by molar-refractivity contribution is -0.129. The van der Waals surface area contributed by atoms with Gasteiger partial charge in [-0.1, -0.05) is 36.0 Å². The molecule has 2 aromatic rings. The average molecular weight is 420 g/mol. The molecule has 6 nitrogen and oxygen atoms in total. The Morgan fingerprint density at radius 2 is 1.93 bits per heavy atom. The van der Waals surface area contributed by atoms with E-state index in [4.69, 9.17) is 0 Å². The molecule has 1 atom stereocenters. The van der Waals surface area contributed by atoms with Crippen LogP contribution in [0.5, 0.6) is 0 Å². The number of hydrogen-bond acceptors (Lipinski definition) is 5. The maximum atomic E-state index is 12.7. The summed E-state index contributed by atoms with van der Waals surface area (Å²) >= 11 is 1.32. The first-order valence-corrected chi connectivity index (χ1v) is 11.6. The largest absolute Gasteiger partial charge is 0.338 e. The van der Waals surface area contributed by atoms with E-state index in [1.807, 2.05) is 24.1 Å². The lowest BCUT2D eigenvalue weighted by Gasteiger charge is -2.33. The molecule has 1 aliphatic rings. The van der Waals surface area contributed by atoms with E-state index in [2.05, 4.69) is 17.1 Å². The molecule has 0 N–H and O–H groups in total. The van der Waals surface area contributed by atoms with Gasteiger partial charge < -0.3 is 4.90 Å². The summed E-state index contributed by atoms with van der Waals surface area (Å²) < 4.78 is 25.3. The number of amides is 1. The predicted molar refractivity (Wildman–Crippen MR) is 111 cm³/mol. The number of aromatic nitrogens is 1. The molecule has 0 bridgehead atoms. The van der Waals surface area contributed by atoms with Gasteiger partial charge in [-0.05, 0) is 42.5 Å². The zero-order chi connectivity index (χ0) is 20.3. The molecule has 0 spiro atoms. The summed E-state index contributed by atoms with van der Waals surface area (Å²) in [6, 6.07) is 11.6. The van der Waals surface area contributed by atoms with Crippen molar-refractivity contribution >= 4 is 27.7 Å². The molecule has 1 amide bonds. The number of sulfonamides is 1. The average Bonchev–Trinajstić information content (AvgIpc) is 2.71. The van der Waals surface area contributed by atoms with Crippen molar-refractivity contribution in [3.8, 4) is 0 Å². The first-order chi connectivity index (χ1) is 13.3. The third-order valence-electron chi connectivity index (χ3n) is 5.03. The number of carbonyl (C=O) groups is 1. The van der Waals surface area contributed by atoms with E-state index in [0.717, 1.165) is 23.6 Å². The first-order valence-electron chi connectivity index (χ1n) is 9.15. The fourth-order valence-electron chi connectivity index (χ4n) is 3.36. The van der Waals surface area contributed by atoms with Gasteiger partial charge in [-0.25, -0.2) is 17.7 Å². The third kappa shape index (κ3) is 4.39. The Labute approximate surface area is 171 Å². The third-order valence-corrected chi connectivity index (χ3v) is 7.76. The molecule has 0 unspecified atom stereocenters. The SMILES string of the molecule is CN(C(=O)CSc1ccc(S(=O)(=O)N(C)C)cn1)[C@H]1CCCc2ccccc21. The van der Waals surface area contributed by atoms with Crippen LogP contribution in [0.4, 0.5) is 0 Å². The van der Waals surface area contributed by atoms with E-state index in [0.29, 0.717) is 5.03 Å². The van der Waals surface area contributed by atoms with Crippen LogP contribution in [0.1, 0.15) is 30.0 Å². The van der Waals surface area contributed by atoms with Crippen LogP contribution in [0, 0.1) is 0 Å². The normalized spacial score (nSPS) is 16.6. The van der Waals surface area contributed by atoms with Crippen LogP contribution in [0.3, 0.4) is 0 Å². The Morgan fingerprint density at radius 3 is 2.61 bits per heavy atom. The van der Waals surface area contributed by atoms with E-state index in [-0.39, 0.29) is 22.6 Å². The molecule has 0 aliphatic heterocycles. The molecule has 1 aromatic carbocycles. The van der Waals surface area contributed by atoms with Crippen molar-refractivity contribution in [1.82, 2.24) is 14.2 Å². The maximum absolute atomic E-state index is 12.7. The van der Waals surface area contributed by atoms with Crippen LogP contribution in [-0.4, -0.2) is 55.4 Å². The second-order valence-electron chi connectivity index (χ2n) is 7.02. The molecule has 0 fully saturated rings. The zero-order valence-electron chi connectivity index (χ0n) is 16.3. The molecule has 0 saturated heterocycles. The molecule has 1 aliphatic carbocycles. The standard InChI is InChI=1S/C20H25N3O3S2/c1-22(2)28(25,26)16-11-12-19(21-13-16)27-14-20(24)23(3)18-10-6-8-15-7-4-5-9-17(15)18/h4-5,7,9,11-13,18H,6,8,10,14H2,1-3H3/t18-/m0/s1. The number of rotatable bonds is 6. The lowest BCUT2D eigenvalue weighted by Crippen LogP contribution is -2.34. The molecule has 28 heavy (non-hydrogen) atoms. The highest BCUT2D eigenvalue weighted by Gasteiger charge is 2.26. The summed E-state index contributed by atoms with van der Waals surface area (Å²) in [5, 5.41) is 0.628. The highest BCUT2D eigenvalue weighted by atomic mass is 32.2. The fourth-order valence-corrected chi connectivity index (χ4v) is 4.97. The van der Waals surface area contributed by atoms with Crippen LogP contribution in [-0.2, 0) is 21.2 Å². The quantitative estimate of drug-likeness (QED) is 0.673. The minimum Gasteiger partial charge on any atom is -0.338 e. The molecule has 0 radical (unpaired) electrons. The monoisotopic (exact) mass is 419 g/mol. The molecule has 1 aromatic heterocycles. The smallest absolute Gasteiger partial charge is 0.244 e. The Bertz CT molecular complexity index is 943. The summed E-state index contributed by atoms with van der Waals surface area (Å²) in [7, 11) is 1.33. The summed E-state index contributed by atoms with van der Waals surface area (Å²) in [6.45, 7) is 0. The molecule has 1 heterocycles. The van der Waals surface area contributed by atoms with Gasteiger partial charge in [0.15, 0.2) is 0 Å². The van der Waals surface area contributed by atoms with Gasteiger partial charge in [-0.2, -0.15) is 0 Å². The van der Waals surface area contributed by atoms with Gasteiger partial charge >= 0.3 is 0 Å². The van der Waals surface area contributed by atoms with E-state index in [1.54, 1.807) is 6.07 Å². The summed E-state index contributed by atoms with van der Waals surface area (Å²) in [5.74, 6) is 0.306. The minimum atomic E-state index is -3.49. The number of carbonyl (C=O) groups excluding carboxylic acids is 1. The first kappa shape index (κ1) is 20.8. The molecule has 3 rings (SSSR count). The van der Waals surface area contributed by atoms with Crippen molar-refractivity contribution in [2.45, 2.75) is 35.2 Å². The minimum absolute atomic E-state index is 0.0403. The topological polar surface area (TPSA) is 70.6 Å². The number of hydrogen-bond donors (Lipinski definition) is 0. The predicted octanol–water partition coefficient (Wildman–Crippen LogP) is 2.96. The highest BCUT2D eigenvalue weighted by Crippen LogP contribution is 2.34. The van der Waals surface area contributed by atoms with Crippen LogP contribution >= 0.6 is 11.8 Å². The van der Waals surface area contributed by atoms with Crippen LogP contribution in [0.15, 0.2) is 52.5 Å². The van der Waals surface area contributed by atoms with Crippen LogP contribution in [0.25, 0.3) is 0 Å². The number of nitrogens with zero attached hydrogens (tertiary/aromatic N) is 3. The van der Waals surface area contributed by atoms with E-state index < -0.39 is 10.0 Å². The Balaban J connectivity index is 1.63. The van der Waals surface area contributed by atoms with Crippen molar-refractivity contribution in [2.75, 3.05) is 26.9 Å². The van der Waals surface area contributed by atoms with Gasteiger partial charge in [-0.3, -0.25) is 4.79 Å². The zero-order valence-corrected chi connectivity index (χ0v) is 18.0. The number of benzene rings is 1. The van der Waals surface area contributed by atoms with Crippen molar-refractivity contribution in [2.24, 2.45) is 0 Å². The van der Waals surface area contributed by atoms with E-state index in [1.165, 1.54) is 49.2 Å². The molecule has 8 heteroatoms. The van der Waals surface area contributed by atoms with Crippen molar-refractivity contribution < 1.29 is 13.2 Å². The Kier molecular flexibility index (Phi) is 6.42. The van der Waals surface area contributed by atoms with Crippen LogP contribution < -0.4 is 0 Å². The summed E-state index contributed by atoms with van der Waals surface area (Å²) in [4.78, 5) is 18.9. The van der Waals surface area contributed by atoms with Crippen molar-refractivity contribution in [1.29, 1.82) is 0 Å². The maximum Gasteiger partial charge on any atom is 0.244 e. The number of aryl methyl sites for hydroxylation is 1. The molecular weight excluding hydrogens is 394 g/mol. The van der Waals surface area contributed by atoms with Crippen molar-refractivity contribution in [3.63, 3.8) is 0 Å². The summed E-state index contributed by atoms with van der Waals surface area (Å²) in [6.07, 6.45) is 4.45. The van der Waals surface area contributed by atoms with E-state index in [9.17, 15) is 13.2 Å². The number of thioether (sulfide) groups is 1. The van der Waals surface area contributed by atoms with Gasteiger partial charge in [-0.15, -0.1) is 0 Å². The molecule has 0 saturated carbocycles. The van der Waals surface area contributed by atoms with Gasteiger partial charge in [0, 0.05) is 27.3 Å². The van der Waals surface area contributed by atoms with Gasteiger partial charge in [0.2, 0.25) is 15.9 Å². The van der Waals surface area contributed by atoms with Gasteiger partial charge in [0.1, 0.15) is 4.90 Å². The lowest BCUT2D eigenvalue weighted by atomic mass is 9.87. The van der Waals surface area contributed by atoms with Crippen molar-refractivity contribution in [3.05, 3.63) is 53.7 Å². The number of pyridine rings is 1. The Hall–Kier alpha value is -1.90. The molecular formula is C20H25N3O3S2. The second kappa shape index (κ2) is 8.63. The van der Waals surface area contributed by atoms with E-state index >= 15 is 0 Å². The number of fused-ring (bicyclic) bond motifs is 1. The van der Waals surface area contributed by atoms with Crippen LogP contribution in [0.2, 0.25) is 0 Å². The highest BCUT2D eigenvalue weighted by molar-refractivity contribution is 7.99. The fraction of sp³-hybridized carbons (Fsp3) is 0.400. The van der Waals surface area contributed by atoms with Gasteiger partial charge in [0.05, 0.1) is 16.8 Å². The second-order valence-corrected chi connectivity index (χ2v) is 10.2.